The van der Waals surface area contributed by atoms with Gasteiger partial charge in [0.05, 0.1) is 5.02 Å². The minimum Gasteiger partial charge on any atom is -0.295 e. The van der Waals surface area contributed by atoms with Crippen molar-refractivity contribution in [2.24, 2.45) is 11.0 Å². The van der Waals surface area contributed by atoms with Crippen LogP contribution in [0.3, 0.4) is 0 Å². The summed E-state index contributed by atoms with van der Waals surface area (Å²) in [6.45, 7) is 0.791. The molecule has 1 aromatic rings. The van der Waals surface area contributed by atoms with Crippen LogP contribution >= 0.6 is 27.5 Å². The Bertz CT molecular complexity index is 531. The SMILES string of the molecule is [N-]=[N+]=NCC1CC(=O)N(c2ncc(Br)cc2Cl)C1. The Morgan fingerprint density at radius 1 is 1.72 bits per heavy atom. The zero-order valence-corrected chi connectivity index (χ0v) is 11.6. The highest BCUT2D eigenvalue weighted by Gasteiger charge is 2.31. The molecule has 1 aromatic heterocycles. The molecule has 18 heavy (non-hydrogen) atoms. The first kappa shape index (κ1) is 13.1. The van der Waals surface area contributed by atoms with Crippen molar-refractivity contribution in [2.45, 2.75) is 6.42 Å². The number of halogens is 2. The number of hydrogen-bond acceptors (Lipinski definition) is 3. The van der Waals surface area contributed by atoms with E-state index in [-0.39, 0.29) is 11.8 Å². The average Bonchev–Trinajstić information content (AvgIpc) is 2.68. The number of anilines is 1. The van der Waals surface area contributed by atoms with Crippen LogP contribution in [0.5, 0.6) is 0 Å². The minimum absolute atomic E-state index is 0.0231. The number of rotatable bonds is 3. The molecule has 1 saturated heterocycles. The van der Waals surface area contributed by atoms with Gasteiger partial charge >= 0.3 is 0 Å². The van der Waals surface area contributed by atoms with Crippen LogP contribution in [-0.4, -0.2) is 24.0 Å². The lowest BCUT2D eigenvalue weighted by Gasteiger charge is -2.16. The van der Waals surface area contributed by atoms with E-state index >= 15 is 0 Å². The van der Waals surface area contributed by atoms with Crippen molar-refractivity contribution in [3.63, 3.8) is 0 Å². The predicted molar refractivity (Wildman–Crippen MR) is 71.4 cm³/mol. The molecule has 0 saturated carbocycles. The monoisotopic (exact) mass is 329 g/mol. The standard InChI is InChI=1S/C10H9BrClN5O/c11-7-2-8(12)10(14-4-7)17-5-6(1-9(17)18)3-15-16-13/h2,4,6H,1,3,5H2. The van der Waals surface area contributed by atoms with Gasteiger partial charge in [0, 0.05) is 35.1 Å². The van der Waals surface area contributed by atoms with Crippen molar-refractivity contribution in [1.82, 2.24) is 4.98 Å². The van der Waals surface area contributed by atoms with E-state index in [1.807, 2.05) is 0 Å². The molecule has 1 unspecified atom stereocenters. The van der Waals surface area contributed by atoms with Crippen LogP contribution < -0.4 is 4.90 Å². The van der Waals surface area contributed by atoms with Crippen LogP contribution in [0, 0.1) is 5.92 Å². The lowest BCUT2D eigenvalue weighted by Crippen LogP contribution is -2.26. The van der Waals surface area contributed by atoms with E-state index in [4.69, 9.17) is 17.1 Å². The van der Waals surface area contributed by atoms with Crippen LogP contribution in [-0.2, 0) is 4.79 Å². The molecular formula is C10H9BrClN5O. The third-order valence-electron chi connectivity index (χ3n) is 2.65. The highest BCUT2D eigenvalue weighted by atomic mass is 79.9. The normalized spacial score (nSPS) is 18.9. The number of aromatic nitrogens is 1. The zero-order valence-electron chi connectivity index (χ0n) is 9.25. The molecule has 2 rings (SSSR count). The average molecular weight is 331 g/mol. The first-order valence-corrected chi connectivity index (χ1v) is 6.41. The predicted octanol–water partition coefficient (Wildman–Crippen LogP) is 3.16. The summed E-state index contributed by atoms with van der Waals surface area (Å²) in [7, 11) is 0. The first-order chi connectivity index (χ1) is 8.61. The summed E-state index contributed by atoms with van der Waals surface area (Å²) in [6.07, 6.45) is 1.95. The second kappa shape index (κ2) is 5.56. The molecule has 0 aromatic carbocycles. The Balaban J connectivity index is 2.18. The summed E-state index contributed by atoms with van der Waals surface area (Å²) in [6, 6.07) is 1.69. The number of pyridine rings is 1. The van der Waals surface area contributed by atoms with Gasteiger partial charge in [0.2, 0.25) is 5.91 Å². The molecule has 1 fully saturated rings. The van der Waals surface area contributed by atoms with Crippen molar-refractivity contribution < 1.29 is 4.79 Å². The maximum atomic E-state index is 11.9. The summed E-state index contributed by atoms with van der Waals surface area (Å²) in [5, 5.41) is 3.91. The topological polar surface area (TPSA) is 82.0 Å². The zero-order chi connectivity index (χ0) is 13.1. The van der Waals surface area contributed by atoms with E-state index in [9.17, 15) is 4.79 Å². The second-order valence-corrected chi connectivity index (χ2v) is 5.27. The number of azide groups is 1. The summed E-state index contributed by atoms with van der Waals surface area (Å²) in [5.74, 6) is 0.424. The minimum atomic E-state index is -0.0511. The van der Waals surface area contributed by atoms with Crippen LogP contribution in [0.2, 0.25) is 5.02 Å². The Hall–Kier alpha value is -1.30. The first-order valence-electron chi connectivity index (χ1n) is 5.24. The fraction of sp³-hybridized carbons (Fsp3) is 0.400. The Morgan fingerprint density at radius 2 is 2.50 bits per heavy atom. The van der Waals surface area contributed by atoms with E-state index in [1.165, 1.54) is 4.90 Å². The quantitative estimate of drug-likeness (QED) is 0.484. The molecule has 8 heteroatoms. The summed E-state index contributed by atoms with van der Waals surface area (Å²) in [5.41, 5.74) is 8.27. The van der Waals surface area contributed by atoms with Crippen molar-refractivity contribution in [3.8, 4) is 0 Å². The summed E-state index contributed by atoms with van der Waals surface area (Å²) < 4.78 is 0.758. The van der Waals surface area contributed by atoms with E-state index in [1.54, 1.807) is 12.3 Å². The van der Waals surface area contributed by atoms with Gasteiger partial charge in [-0.2, -0.15) is 0 Å². The molecule has 6 nitrogen and oxygen atoms in total. The highest BCUT2D eigenvalue weighted by molar-refractivity contribution is 9.10. The van der Waals surface area contributed by atoms with Gasteiger partial charge in [-0.25, -0.2) is 4.98 Å². The highest BCUT2D eigenvalue weighted by Crippen LogP contribution is 2.31. The van der Waals surface area contributed by atoms with Gasteiger partial charge in [-0.05, 0) is 33.4 Å². The van der Waals surface area contributed by atoms with Crippen molar-refractivity contribution >= 4 is 39.3 Å². The van der Waals surface area contributed by atoms with E-state index in [0.29, 0.717) is 30.4 Å². The third-order valence-corrected chi connectivity index (χ3v) is 3.36. The molecule has 2 heterocycles. The molecule has 1 amide bonds. The van der Waals surface area contributed by atoms with Gasteiger partial charge in [0.15, 0.2) is 5.82 Å². The van der Waals surface area contributed by atoms with Gasteiger partial charge < -0.3 is 0 Å². The van der Waals surface area contributed by atoms with Crippen molar-refractivity contribution in [3.05, 3.63) is 32.2 Å². The number of amides is 1. The van der Waals surface area contributed by atoms with Gasteiger partial charge in [0.1, 0.15) is 0 Å². The molecule has 0 N–H and O–H groups in total. The van der Waals surface area contributed by atoms with E-state index in [0.717, 1.165) is 4.47 Å². The fourth-order valence-electron chi connectivity index (χ4n) is 1.87. The van der Waals surface area contributed by atoms with Crippen LogP contribution in [0.15, 0.2) is 21.9 Å². The van der Waals surface area contributed by atoms with Crippen molar-refractivity contribution in [2.75, 3.05) is 18.0 Å². The lowest BCUT2D eigenvalue weighted by molar-refractivity contribution is -0.117. The molecule has 1 aliphatic heterocycles. The molecule has 0 radical (unpaired) electrons. The largest absolute Gasteiger partial charge is 0.295 e. The number of carbonyl (C=O) groups excluding carboxylic acids is 1. The van der Waals surface area contributed by atoms with Gasteiger partial charge in [-0.15, -0.1) is 0 Å². The van der Waals surface area contributed by atoms with Crippen LogP contribution in [0.25, 0.3) is 10.4 Å². The molecule has 94 valence electrons. The van der Waals surface area contributed by atoms with E-state index in [2.05, 4.69) is 30.9 Å². The van der Waals surface area contributed by atoms with Crippen LogP contribution in [0.4, 0.5) is 5.82 Å². The summed E-state index contributed by atoms with van der Waals surface area (Å²) >= 11 is 9.32. The maximum absolute atomic E-state index is 11.9. The second-order valence-electron chi connectivity index (χ2n) is 3.95. The Kier molecular flexibility index (Phi) is 4.06. The van der Waals surface area contributed by atoms with Crippen molar-refractivity contribution in [1.29, 1.82) is 0 Å². The summed E-state index contributed by atoms with van der Waals surface area (Å²) in [4.78, 5) is 20.2. The Labute approximate surface area is 117 Å². The van der Waals surface area contributed by atoms with E-state index < -0.39 is 0 Å². The molecular weight excluding hydrogens is 322 g/mol. The maximum Gasteiger partial charge on any atom is 0.228 e. The third kappa shape index (κ3) is 2.75. The van der Waals surface area contributed by atoms with Gasteiger partial charge in [-0.1, -0.05) is 16.7 Å². The molecule has 0 spiro atoms. The fourth-order valence-corrected chi connectivity index (χ4v) is 2.60. The molecule has 1 atom stereocenters. The Morgan fingerprint density at radius 3 is 3.17 bits per heavy atom. The number of nitrogens with zero attached hydrogens (tertiary/aromatic N) is 5. The smallest absolute Gasteiger partial charge is 0.228 e. The molecule has 1 aliphatic rings. The molecule has 0 bridgehead atoms. The molecule has 0 aliphatic carbocycles. The number of carbonyl (C=O) groups is 1. The number of hydrogen-bond donors (Lipinski definition) is 0. The van der Waals surface area contributed by atoms with Gasteiger partial charge in [0.25, 0.3) is 0 Å². The van der Waals surface area contributed by atoms with Gasteiger partial charge in [-0.3, -0.25) is 9.69 Å². The lowest BCUT2D eigenvalue weighted by atomic mass is 10.1. The van der Waals surface area contributed by atoms with Crippen LogP contribution in [0.1, 0.15) is 6.42 Å².